The lowest BCUT2D eigenvalue weighted by atomic mass is 9.83. The summed E-state index contributed by atoms with van der Waals surface area (Å²) in [6.45, 7) is 6.48. The lowest BCUT2D eigenvalue weighted by Gasteiger charge is -2.27. The number of phenols is 1. The average molecular weight is 311 g/mol. The van der Waals surface area contributed by atoms with Gasteiger partial charge in [0.25, 0.3) is 0 Å². The normalized spacial score (nSPS) is 16.7. The first kappa shape index (κ1) is 15.4. The molecule has 0 unspecified atom stereocenters. The van der Waals surface area contributed by atoms with Gasteiger partial charge in [-0.1, -0.05) is 12.1 Å². The summed E-state index contributed by atoms with van der Waals surface area (Å²) >= 11 is 0. The minimum absolute atomic E-state index is 0.0109. The van der Waals surface area contributed by atoms with Crippen LogP contribution in [0, 0.1) is 13.8 Å². The molecule has 2 aromatic carbocycles. The van der Waals surface area contributed by atoms with E-state index in [4.69, 9.17) is 4.74 Å². The van der Waals surface area contributed by atoms with Crippen molar-refractivity contribution in [2.45, 2.75) is 33.1 Å². The molecule has 4 heteroatoms. The highest BCUT2D eigenvalue weighted by atomic mass is 16.5. The predicted molar refractivity (Wildman–Crippen MR) is 90.3 cm³/mol. The minimum Gasteiger partial charge on any atom is -0.504 e. The van der Waals surface area contributed by atoms with Gasteiger partial charge in [-0.25, -0.2) is 0 Å². The average Bonchev–Trinajstić information content (AvgIpc) is 2.51. The van der Waals surface area contributed by atoms with Crippen molar-refractivity contribution < 1.29 is 14.6 Å². The molecule has 3 rings (SSSR count). The Morgan fingerprint density at radius 2 is 1.96 bits per heavy atom. The fourth-order valence-corrected chi connectivity index (χ4v) is 3.05. The lowest BCUT2D eigenvalue weighted by Crippen LogP contribution is -2.23. The highest BCUT2D eigenvalue weighted by molar-refractivity contribution is 5.95. The fraction of sp³-hybridized carbons (Fsp3) is 0.316. The summed E-state index contributed by atoms with van der Waals surface area (Å²) in [5.74, 6) is 0.562. The number of aromatic hydroxyl groups is 1. The predicted octanol–water partition coefficient (Wildman–Crippen LogP) is 3.88. The molecule has 0 saturated heterocycles. The van der Waals surface area contributed by atoms with Crippen LogP contribution < -0.4 is 10.1 Å². The molecule has 1 aliphatic rings. The van der Waals surface area contributed by atoms with Crippen LogP contribution in [0.2, 0.25) is 0 Å². The van der Waals surface area contributed by atoms with E-state index in [1.165, 1.54) is 5.56 Å². The number of ether oxygens (including phenoxy) is 1. The number of anilines is 1. The Kier molecular flexibility index (Phi) is 3.99. The molecule has 0 fully saturated rings. The molecule has 1 atom stereocenters. The van der Waals surface area contributed by atoms with Crippen molar-refractivity contribution >= 4 is 11.6 Å². The Labute approximate surface area is 136 Å². The van der Waals surface area contributed by atoms with Crippen LogP contribution in [0.15, 0.2) is 30.3 Å². The van der Waals surface area contributed by atoms with E-state index < -0.39 is 0 Å². The molecule has 2 N–H and O–H groups in total. The number of fused-ring (bicyclic) bond motifs is 1. The van der Waals surface area contributed by atoms with Gasteiger partial charge >= 0.3 is 0 Å². The molecular weight excluding hydrogens is 290 g/mol. The number of hydrogen-bond acceptors (Lipinski definition) is 3. The zero-order valence-corrected chi connectivity index (χ0v) is 13.6. The largest absolute Gasteiger partial charge is 0.504 e. The molecule has 0 aliphatic carbocycles. The van der Waals surface area contributed by atoms with Gasteiger partial charge < -0.3 is 15.2 Å². The molecule has 0 radical (unpaired) electrons. The monoisotopic (exact) mass is 311 g/mol. The summed E-state index contributed by atoms with van der Waals surface area (Å²) in [7, 11) is 0. The molecule has 4 nitrogen and oxygen atoms in total. The molecule has 120 valence electrons. The zero-order valence-electron chi connectivity index (χ0n) is 13.6. The maximum absolute atomic E-state index is 12.1. The number of carbonyl (C=O) groups excluding carboxylic acids is 1. The quantitative estimate of drug-likeness (QED) is 0.904. The van der Waals surface area contributed by atoms with E-state index in [0.717, 1.165) is 22.4 Å². The van der Waals surface area contributed by atoms with Gasteiger partial charge in [-0.2, -0.15) is 0 Å². The second-order valence-corrected chi connectivity index (χ2v) is 5.99. The number of phenolic OH excluding ortho intramolecular Hbond substituents is 1. The van der Waals surface area contributed by atoms with Gasteiger partial charge in [-0.15, -0.1) is 0 Å². The van der Waals surface area contributed by atoms with Crippen LogP contribution >= 0.6 is 0 Å². The van der Waals surface area contributed by atoms with Gasteiger partial charge in [0.2, 0.25) is 5.91 Å². The van der Waals surface area contributed by atoms with E-state index in [-0.39, 0.29) is 17.6 Å². The molecular formula is C19H21NO3. The van der Waals surface area contributed by atoms with Gasteiger partial charge in [0.05, 0.1) is 6.61 Å². The van der Waals surface area contributed by atoms with Gasteiger partial charge in [-0.05, 0) is 61.2 Å². The second kappa shape index (κ2) is 5.95. The van der Waals surface area contributed by atoms with E-state index in [9.17, 15) is 9.90 Å². The third kappa shape index (κ3) is 2.89. The fourth-order valence-electron chi connectivity index (χ4n) is 3.05. The first-order valence-electron chi connectivity index (χ1n) is 7.86. The Morgan fingerprint density at radius 3 is 2.70 bits per heavy atom. The molecule has 1 amide bonds. The maximum atomic E-state index is 12.1. The topological polar surface area (TPSA) is 58.6 Å². The van der Waals surface area contributed by atoms with Gasteiger partial charge in [0.1, 0.15) is 0 Å². The summed E-state index contributed by atoms with van der Waals surface area (Å²) in [5.41, 5.74) is 5.32. The van der Waals surface area contributed by atoms with E-state index in [2.05, 4.69) is 18.3 Å². The summed E-state index contributed by atoms with van der Waals surface area (Å²) in [4.78, 5) is 12.1. The highest BCUT2D eigenvalue weighted by Crippen LogP contribution is 2.40. The van der Waals surface area contributed by atoms with E-state index >= 15 is 0 Å². The standard InChI is InChI=1S/C19H21NO3/c1-4-23-18-9-13(5-6-17(18)21)14-10-19(22)20-16-8-12(3)11(2)7-15(14)16/h5-9,14,21H,4,10H2,1-3H3,(H,20,22)/t14-/m0/s1. The third-order valence-electron chi connectivity index (χ3n) is 4.39. The first-order chi connectivity index (χ1) is 11.0. The highest BCUT2D eigenvalue weighted by Gasteiger charge is 2.27. The van der Waals surface area contributed by atoms with Gasteiger partial charge in [0, 0.05) is 18.0 Å². The van der Waals surface area contributed by atoms with Crippen LogP contribution in [-0.4, -0.2) is 17.6 Å². The third-order valence-corrected chi connectivity index (χ3v) is 4.39. The molecule has 0 aromatic heterocycles. The van der Waals surface area contributed by atoms with Crippen LogP contribution in [0.5, 0.6) is 11.5 Å². The maximum Gasteiger partial charge on any atom is 0.225 e. The summed E-state index contributed by atoms with van der Waals surface area (Å²) in [6.07, 6.45) is 0.395. The Bertz CT molecular complexity index is 767. The van der Waals surface area contributed by atoms with Crippen molar-refractivity contribution in [3.63, 3.8) is 0 Å². The summed E-state index contributed by atoms with van der Waals surface area (Å²) in [5, 5.41) is 12.8. The van der Waals surface area contributed by atoms with Crippen molar-refractivity contribution in [2.24, 2.45) is 0 Å². The smallest absolute Gasteiger partial charge is 0.225 e. The van der Waals surface area contributed by atoms with Crippen molar-refractivity contribution in [3.8, 4) is 11.5 Å². The van der Waals surface area contributed by atoms with Crippen LogP contribution in [0.25, 0.3) is 0 Å². The molecule has 23 heavy (non-hydrogen) atoms. The molecule has 1 aliphatic heterocycles. The number of aryl methyl sites for hydroxylation is 2. The number of carbonyl (C=O) groups is 1. The van der Waals surface area contributed by atoms with Crippen LogP contribution in [0.3, 0.4) is 0 Å². The van der Waals surface area contributed by atoms with Crippen molar-refractivity contribution in [3.05, 3.63) is 52.6 Å². The van der Waals surface area contributed by atoms with Crippen molar-refractivity contribution in [1.29, 1.82) is 0 Å². The summed E-state index contributed by atoms with van der Waals surface area (Å²) in [6, 6.07) is 9.50. The van der Waals surface area contributed by atoms with Crippen LogP contribution in [0.1, 0.15) is 41.5 Å². The molecule has 2 aromatic rings. The minimum atomic E-state index is -0.0298. The summed E-state index contributed by atoms with van der Waals surface area (Å²) < 4.78 is 5.48. The molecule has 0 spiro atoms. The first-order valence-corrected chi connectivity index (χ1v) is 7.86. The number of rotatable bonds is 3. The number of nitrogens with one attached hydrogen (secondary N) is 1. The van der Waals surface area contributed by atoms with Gasteiger partial charge in [-0.3, -0.25) is 4.79 Å². The zero-order chi connectivity index (χ0) is 16.6. The van der Waals surface area contributed by atoms with Crippen LogP contribution in [-0.2, 0) is 4.79 Å². The van der Waals surface area contributed by atoms with Gasteiger partial charge in [0.15, 0.2) is 11.5 Å². The number of benzene rings is 2. The second-order valence-electron chi connectivity index (χ2n) is 5.99. The Hall–Kier alpha value is -2.49. The SMILES string of the molecule is CCOc1cc([C@@H]2CC(=O)Nc3cc(C)c(C)cc32)ccc1O. The Balaban J connectivity index is 2.09. The van der Waals surface area contributed by atoms with Crippen LogP contribution in [0.4, 0.5) is 5.69 Å². The van der Waals surface area contributed by atoms with E-state index in [0.29, 0.717) is 18.8 Å². The molecule has 0 saturated carbocycles. The number of amides is 1. The van der Waals surface area contributed by atoms with Crippen molar-refractivity contribution in [2.75, 3.05) is 11.9 Å². The number of hydrogen-bond donors (Lipinski definition) is 2. The van der Waals surface area contributed by atoms with Crippen molar-refractivity contribution in [1.82, 2.24) is 0 Å². The van der Waals surface area contributed by atoms with E-state index in [1.807, 2.05) is 32.0 Å². The lowest BCUT2D eigenvalue weighted by molar-refractivity contribution is -0.116. The Morgan fingerprint density at radius 1 is 1.22 bits per heavy atom. The molecule has 0 bridgehead atoms. The van der Waals surface area contributed by atoms with E-state index in [1.54, 1.807) is 6.07 Å². The molecule has 1 heterocycles.